The summed E-state index contributed by atoms with van der Waals surface area (Å²) in [4.78, 5) is 18.5. The number of carbonyl (C=O) groups is 1. The minimum Gasteiger partial charge on any atom is -0.486 e. The molecule has 0 unspecified atom stereocenters. The number of rotatable bonds is 4. The topological polar surface area (TPSA) is 65.7 Å². The van der Waals surface area contributed by atoms with Crippen LogP contribution in [0.1, 0.15) is 16.7 Å². The summed E-state index contributed by atoms with van der Waals surface area (Å²) in [5.74, 6) is 0.376. The molecular weight excluding hydrogens is 462 g/mol. The van der Waals surface area contributed by atoms with E-state index in [1.807, 2.05) is 24.3 Å². The Balaban J connectivity index is 1.83. The molecule has 1 heterocycles. The fourth-order valence-corrected chi connectivity index (χ4v) is 4.52. The second-order valence-corrected chi connectivity index (χ2v) is 8.12. The molecule has 0 N–H and O–H groups in total. The highest BCUT2D eigenvalue weighted by atomic mass is 79.9. The number of amidine groups is 1. The molecular formula is C20H15BrClN3O2S. The minimum atomic E-state index is -0.105. The van der Waals surface area contributed by atoms with E-state index in [2.05, 4.69) is 27.0 Å². The number of thioether (sulfide) groups is 1. The summed E-state index contributed by atoms with van der Waals surface area (Å²) in [7, 11) is 3.34. The van der Waals surface area contributed by atoms with Gasteiger partial charge in [0.2, 0.25) is 0 Å². The van der Waals surface area contributed by atoms with E-state index in [0.29, 0.717) is 30.9 Å². The summed E-state index contributed by atoms with van der Waals surface area (Å²) >= 11 is 11.2. The lowest BCUT2D eigenvalue weighted by Gasteiger charge is -2.12. The van der Waals surface area contributed by atoms with Crippen LogP contribution in [0.25, 0.3) is 6.08 Å². The van der Waals surface area contributed by atoms with Crippen LogP contribution in [0.5, 0.6) is 5.75 Å². The van der Waals surface area contributed by atoms with Crippen LogP contribution in [0.15, 0.2) is 50.8 Å². The SMILES string of the molecule is CN=C1S/C(=C\c2cc(Cl)c(OCc3ccccc3C#N)c(Br)c2)C(=O)N1C. The Morgan fingerprint density at radius 3 is 2.79 bits per heavy atom. The van der Waals surface area contributed by atoms with E-state index in [-0.39, 0.29) is 12.5 Å². The number of ether oxygens (including phenoxy) is 1. The molecule has 142 valence electrons. The normalized spacial score (nSPS) is 16.7. The molecule has 0 bridgehead atoms. The van der Waals surface area contributed by atoms with Crippen molar-refractivity contribution in [3.05, 3.63) is 67.5 Å². The van der Waals surface area contributed by atoms with Gasteiger partial charge in [0.25, 0.3) is 5.91 Å². The number of hydrogen-bond acceptors (Lipinski definition) is 5. The number of benzene rings is 2. The Hall–Kier alpha value is -2.27. The molecule has 2 aromatic carbocycles. The quantitative estimate of drug-likeness (QED) is 0.577. The van der Waals surface area contributed by atoms with Crippen LogP contribution in [-0.2, 0) is 11.4 Å². The van der Waals surface area contributed by atoms with Crippen molar-refractivity contribution in [3.8, 4) is 11.8 Å². The third kappa shape index (κ3) is 4.25. The van der Waals surface area contributed by atoms with Crippen LogP contribution in [0.4, 0.5) is 0 Å². The second kappa shape index (κ2) is 8.82. The summed E-state index contributed by atoms with van der Waals surface area (Å²) in [5.41, 5.74) is 2.11. The minimum absolute atomic E-state index is 0.105. The molecule has 3 rings (SSSR count). The Bertz CT molecular complexity index is 1020. The van der Waals surface area contributed by atoms with Crippen molar-refractivity contribution >= 4 is 56.4 Å². The molecule has 0 atom stereocenters. The summed E-state index contributed by atoms with van der Waals surface area (Å²) in [6.45, 7) is 0.220. The first kappa shape index (κ1) is 20.5. The van der Waals surface area contributed by atoms with Crippen LogP contribution < -0.4 is 4.74 Å². The Morgan fingerprint density at radius 2 is 2.14 bits per heavy atom. The molecule has 1 aliphatic rings. The third-order valence-electron chi connectivity index (χ3n) is 4.02. The average molecular weight is 477 g/mol. The van der Waals surface area contributed by atoms with Crippen LogP contribution >= 0.6 is 39.3 Å². The second-order valence-electron chi connectivity index (χ2n) is 5.85. The zero-order valence-electron chi connectivity index (χ0n) is 15.1. The molecule has 5 nitrogen and oxygen atoms in total. The molecule has 2 aromatic rings. The van der Waals surface area contributed by atoms with Crippen molar-refractivity contribution in [2.75, 3.05) is 14.1 Å². The largest absolute Gasteiger partial charge is 0.486 e. The van der Waals surface area contributed by atoms with E-state index in [4.69, 9.17) is 16.3 Å². The van der Waals surface area contributed by atoms with Crippen molar-refractivity contribution in [2.45, 2.75) is 6.61 Å². The van der Waals surface area contributed by atoms with E-state index < -0.39 is 0 Å². The number of amides is 1. The Kier molecular flexibility index (Phi) is 6.45. The van der Waals surface area contributed by atoms with Gasteiger partial charge in [-0.05, 0) is 57.5 Å². The number of carbonyl (C=O) groups excluding carboxylic acids is 1. The van der Waals surface area contributed by atoms with E-state index in [9.17, 15) is 10.1 Å². The predicted octanol–water partition coefficient (Wildman–Crippen LogP) is 5.09. The van der Waals surface area contributed by atoms with Crippen molar-refractivity contribution in [1.82, 2.24) is 4.90 Å². The van der Waals surface area contributed by atoms with Crippen molar-refractivity contribution in [1.29, 1.82) is 5.26 Å². The maximum absolute atomic E-state index is 12.3. The lowest BCUT2D eigenvalue weighted by atomic mass is 10.1. The van der Waals surface area contributed by atoms with Crippen molar-refractivity contribution in [3.63, 3.8) is 0 Å². The van der Waals surface area contributed by atoms with E-state index >= 15 is 0 Å². The highest BCUT2D eigenvalue weighted by Crippen LogP contribution is 2.37. The predicted molar refractivity (Wildman–Crippen MR) is 116 cm³/mol. The van der Waals surface area contributed by atoms with Gasteiger partial charge in [0.05, 0.1) is 26.0 Å². The summed E-state index contributed by atoms with van der Waals surface area (Å²) in [5, 5.41) is 10.2. The van der Waals surface area contributed by atoms with Gasteiger partial charge < -0.3 is 4.74 Å². The third-order valence-corrected chi connectivity index (χ3v) is 6.04. The smallest absolute Gasteiger partial charge is 0.266 e. The van der Waals surface area contributed by atoms with Gasteiger partial charge in [-0.2, -0.15) is 5.26 Å². The molecule has 1 fully saturated rings. The highest BCUT2D eigenvalue weighted by molar-refractivity contribution is 9.10. The van der Waals surface area contributed by atoms with Gasteiger partial charge in [0, 0.05) is 19.7 Å². The zero-order valence-corrected chi connectivity index (χ0v) is 18.2. The lowest BCUT2D eigenvalue weighted by Crippen LogP contribution is -2.23. The molecule has 0 radical (unpaired) electrons. The van der Waals surface area contributed by atoms with Gasteiger partial charge in [-0.1, -0.05) is 29.8 Å². The maximum atomic E-state index is 12.3. The molecule has 1 amide bonds. The first-order valence-corrected chi connectivity index (χ1v) is 10.2. The molecule has 28 heavy (non-hydrogen) atoms. The first-order chi connectivity index (χ1) is 13.4. The Morgan fingerprint density at radius 1 is 1.39 bits per heavy atom. The maximum Gasteiger partial charge on any atom is 0.266 e. The lowest BCUT2D eigenvalue weighted by molar-refractivity contribution is -0.121. The fraction of sp³-hybridized carbons (Fsp3) is 0.150. The van der Waals surface area contributed by atoms with Crippen LogP contribution in [0.3, 0.4) is 0 Å². The first-order valence-electron chi connectivity index (χ1n) is 8.18. The molecule has 0 aliphatic carbocycles. The zero-order chi connectivity index (χ0) is 20.3. The van der Waals surface area contributed by atoms with Crippen molar-refractivity contribution in [2.24, 2.45) is 4.99 Å². The van der Waals surface area contributed by atoms with Crippen molar-refractivity contribution < 1.29 is 9.53 Å². The summed E-state index contributed by atoms with van der Waals surface area (Å²) in [6.07, 6.45) is 1.77. The summed E-state index contributed by atoms with van der Waals surface area (Å²) < 4.78 is 6.51. The van der Waals surface area contributed by atoms with E-state index in [1.54, 1.807) is 32.3 Å². The molecule has 0 saturated carbocycles. The highest BCUT2D eigenvalue weighted by Gasteiger charge is 2.29. The molecule has 1 saturated heterocycles. The fourth-order valence-electron chi connectivity index (χ4n) is 2.61. The molecule has 8 heteroatoms. The number of nitriles is 1. The average Bonchev–Trinajstić information content (AvgIpc) is 2.95. The standard InChI is InChI=1S/C20H15BrClN3O2S/c1-24-20-25(2)19(26)17(28-20)9-12-7-15(21)18(16(22)8-12)27-11-14-6-4-3-5-13(14)10-23/h3-9H,11H2,1-2H3/b17-9-,24-20?. The van der Waals surface area contributed by atoms with Gasteiger partial charge in [-0.25, -0.2) is 0 Å². The van der Waals surface area contributed by atoms with Gasteiger partial charge in [0.1, 0.15) is 6.61 Å². The molecule has 0 spiro atoms. The molecule has 1 aliphatic heterocycles. The van der Waals surface area contributed by atoms with Crippen LogP contribution in [-0.4, -0.2) is 30.1 Å². The number of aliphatic imine (C=N–C) groups is 1. The van der Waals surface area contributed by atoms with Gasteiger partial charge in [0.15, 0.2) is 10.9 Å². The van der Waals surface area contributed by atoms with Gasteiger partial charge >= 0.3 is 0 Å². The number of likely N-dealkylation sites (N-methyl/N-ethyl adjacent to an activating group) is 1. The van der Waals surface area contributed by atoms with Crippen LogP contribution in [0, 0.1) is 11.3 Å². The van der Waals surface area contributed by atoms with E-state index in [0.717, 1.165) is 11.1 Å². The molecule has 0 aromatic heterocycles. The van der Waals surface area contributed by atoms with Gasteiger partial charge in [-0.15, -0.1) is 0 Å². The monoisotopic (exact) mass is 475 g/mol. The summed E-state index contributed by atoms with van der Waals surface area (Å²) in [6, 6.07) is 13.0. The number of halogens is 2. The Labute approximate surface area is 180 Å². The van der Waals surface area contributed by atoms with E-state index in [1.165, 1.54) is 16.7 Å². The number of hydrogen-bond donors (Lipinski definition) is 0. The van der Waals surface area contributed by atoms with Crippen LogP contribution in [0.2, 0.25) is 5.02 Å². The van der Waals surface area contributed by atoms with Gasteiger partial charge in [-0.3, -0.25) is 14.7 Å². The number of nitrogens with zero attached hydrogens (tertiary/aromatic N) is 3.